The van der Waals surface area contributed by atoms with E-state index in [1.807, 2.05) is 6.07 Å². The molecule has 0 spiro atoms. The summed E-state index contributed by atoms with van der Waals surface area (Å²) in [5, 5.41) is 0. The fourth-order valence-electron chi connectivity index (χ4n) is 3.48. The maximum Gasteiger partial charge on any atom is 0.119 e. The third-order valence-electron chi connectivity index (χ3n) is 4.97. The molecule has 20 heavy (non-hydrogen) atoms. The van der Waals surface area contributed by atoms with Gasteiger partial charge in [0.2, 0.25) is 0 Å². The van der Waals surface area contributed by atoms with Gasteiger partial charge in [0.15, 0.2) is 0 Å². The van der Waals surface area contributed by atoms with E-state index in [0.717, 1.165) is 24.0 Å². The number of benzene rings is 1. The lowest BCUT2D eigenvalue weighted by Gasteiger charge is -2.34. The summed E-state index contributed by atoms with van der Waals surface area (Å²) in [6, 6.07) is 8.59. The lowest BCUT2D eigenvalue weighted by Crippen LogP contribution is -2.35. The third-order valence-corrected chi connectivity index (χ3v) is 4.97. The van der Waals surface area contributed by atoms with Gasteiger partial charge in [-0.05, 0) is 67.6 Å². The first-order valence-corrected chi connectivity index (χ1v) is 7.98. The molecule has 1 fully saturated rings. The smallest absolute Gasteiger partial charge is 0.119 e. The molecule has 2 rings (SSSR count). The molecule has 1 aliphatic carbocycles. The summed E-state index contributed by atoms with van der Waals surface area (Å²) in [6.45, 7) is 4.70. The summed E-state index contributed by atoms with van der Waals surface area (Å²) in [6.07, 6.45) is 6.28. The van der Waals surface area contributed by atoms with Crippen molar-refractivity contribution in [3.05, 3.63) is 29.8 Å². The number of methoxy groups -OCH3 is 1. The van der Waals surface area contributed by atoms with Gasteiger partial charge in [0.25, 0.3) is 0 Å². The molecule has 0 amide bonds. The number of hydrogen-bond donors (Lipinski definition) is 1. The minimum Gasteiger partial charge on any atom is -0.497 e. The standard InChI is InChI=1S/C18H29NO/c1-13(2)15-7-9-16(10-8-15)18(19)12-14-5-4-6-17(11-14)20-3/h4-6,11,13,15-16,18H,7-10,12,19H2,1-3H3. The summed E-state index contributed by atoms with van der Waals surface area (Å²) < 4.78 is 5.28. The molecule has 0 bridgehead atoms. The second-order valence-electron chi connectivity index (χ2n) is 6.64. The molecular weight excluding hydrogens is 246 g/mol. The van der Waals surface area contributed by atoms with E-state index in [4.69, 9.17) is 10.5 Å². The van der Waals surface area contributed by atoms with Gasteiger partial charge in [-0.1, -0.05) is 26.0 Å². The molecule has 2 N–H and O–H groups in total. The molecular formula is C18H29NO. The molecule has 1 aromatic rings. The van der Waals surface area contributed by atoms with Crippen molar-refractivity contribution in [2.45, 2.75) is 52.0 Å². The van der Waals surface area contributed by atoms with Crippen molar-refractivity contribution in [1.29, 1.82) is 0 Å². The van der Waals surface area contributed by atoms with Gasteiger partial charge in [-0.15, -0.1) is 0 Å². The average molecular weight is 275 g/mol. The minimum absolute atomic E-state index is 0.287. The third kappa shape index (κ3) is 3.99. The summed E-state index contributed by atoms with van der Waals surface area (Å²) >= 11 is 0. The van der Waals surface area contributed by atoms with Gasteiger partial charge in [-0.3, -0.25) is 0 Å². The molecule has 1 unspecified atom stereocenters. The molecule has 1 aliphatic rings. The van der Waals surface area contributed by atoms with E-state index < -0.39 is 0 Å². The van der Waals surface area contributed by atoms with Crippen LogP contribution in [0.2, 0.25) is 0 Å². The Morgan fingerprint density at radius 1 is 1.15 bits per heavy atom. The molecule has 2 heteroatoms. The van der Waals surface area contributed by atoms with Crippen LogP contribution in [0.1, 0.15) is 45.1 Å². The van der Waals surface area contributed by atoms with Gasteiger partial charge >= 0.3 is 0 Å². The van der Waals surface area contributed by atoms with E-state index in [9.17, 15) is 0 Å². The number of rotatable bonds is 5. The Labute approximate surface area is 123 Å². The monoisotopic (exact) mass is 275 g/mol. The molecule has 112 valence electrons. The lowest BCUT2D eigenvalue weighted by molar-refractivity contribution is 0.202. The first kappa shape index (κ1) is 15.4. The van der Waals surface area contributed by atoms with Crippen molar-refractivity contribution >= 4 is 0 Å². The van der Waals surface area contributed by atoms with E-state index in [2.05, 4.69) is 32.0 Å². The van der Waals surface area contributed by atoms with Crippen LogP contribution in [0.15, 0.2) is 24.3 Å². The van der Waals surface area contributed by atoms with Crippen LogP contribution in [0.3, 0.4) is 0 Å². The highest BCUT2D eigenvalue weighted by atomic mass is 16.5. The first-order chi connectivity index (χ1) is 9.60. The number of ether oxygens (including phenoxy) is 1. The van der Waals surface area contributed by atoms with Gasteiger partial charge in [-0.25, -0.2) is 0 Å². The fourth-order valence-corrected chi connectivity index (χ4v) is 3.48. The van der Waals surface area contributed by atoms with Crippen LogP contribution >= 0.6 is 0 Å². The van der Waals surface area contributed by atoms with Crippen molar-refractivity contribution in [1.82, 2.24) is 0 Å². The minimum atomic E-state index is 0.287. The summed E-state index contributed by atoms with van der Waals surface area (Å²) in [5.41, 5.74) is 7.75. The van der Waals surface area contributed by atoms with Crippen LogP contribution in [0.25, 0.3) is 0 Å². The van der Waals surface area contributed by atoms with Crippen LogP contribution in [-0.2, 0) is 6.42 Å². The Hall–Kier alpha value is -1.02. The molecule has 0 heterocycles. The van der Waals surface area contributed by atoms with Crippen molar-refractivity contribution in [2.75, 3.05) is 7.11 Å². The van der Waals surface area contributed by atoms with E-state index in [0.29, 0.717) is 5.92 Å². The van der Waals surface area contributed by atoms with Gasteiger partial charge in [0.1, 0.15) is 5.75 Å². The SMILES string of the molecule is COc1cccc(CC(N)C2CCC(C(C)C)CC2)c1. The van der Waals surface area contributed by atoms with Crippen molar-refractivity contribution in [3.63, 3.8) is 0 Å². The molecule has 1 saturated carbocycles. The molecule has 2 nitrogen and oxygen atoms in total. The van der Waals surface area contributed by atoms with Crippen LogP contribution in [0, 0.1) is 17.8 Å². The van der Waals surface area contributed by atoms with Gasteiger partial charge in [-0.2, -0.15) is 0 Å². The molecule has 0 aromatic heterocycles. The summed E-state index contributed by atoms with van der Waals surface area (Å²) in [4.78, 5) is 0. The van der Waals surface area contributed by atoms with Crippen LogP contribution in [0.4, 0.5) is 0 Å². The van der Waals surface area contributed by atoms with Crippen molar-refractivity contribution in [3.8, 4) is 5.75 Å². The Morgan fingerprint density at radius 2 is 1.80 bits per heavy atom. The highest BCUT2D eigenvalue weighted by Crippen LogP contribution is 2.35. The Kier molecular flexibility index (Phi) is 5.47. The predicted octanol–water partition coefficient (Wildman–Crippen LogP) is 4.03. The van der Waals surface area contributed by atoms with Gasteiger partial charge in [0.05, 0.1) is 7.11 Å². The van der Waals surface area contributed by atoms with E-state index in [-0.39, 0.29) is 6.04 Å². The largest absolute Gasteiger partial charge is 0.497 e. The zero-order valence-electron chi connectivity index (χ0n) is 13.1. The molecule has 0 radical (unpaired) electrons. The topological polar surface area (TPSA) is 35.2 Å². The second-order valence-corrected chi connectivity index (χ2v) is 6.64. The van der Waals surface area contributed by atoms with Crippen molar-refractivity contribution < 1.29 is 4.74 Å². The van der Waals surface area contributed by atoms with Crippen molar-refractivity contribution in [2.24, 2.45) is 23.5 Å². The second kappa shape index (κ2) is 7.12. The van der Waals surface area contributed by atoms with Gasteiger partial charge in [0, 0.05) is 6.04 Å². The highest BCUT2D eigenvalue weighted by molar-refractivity contribution is 5.29. The van der Waals surface area contributed by atoms with Crippen LogP contribution in [0.5, 0.6) is 5.75 Å². The molecule has 1 atom stereocenters. The van der Waals surface area contributed by atoms with E-state index in [1.165, 1.54) is 31.2 Å². The van der Waals surface area contributed by atoms with Crippen LogP contribution < -0.4 is 10.5 Å². The molecule has 1 aromatic carbocycles. The predicted molar refractivity (Wildman–Crippen MR) is 85.0 cm³/mol. The molecule has 0 saturated heterocycles. The Morgan fingerprint density at radius 3 is 2.40 bits per heavy atom. The Bertz CT molecular complexity index is 408. The average Bonchev–Trinajstić information content (AvgIpc) is 2.47. The normalized spacial score (nSPS) is 24.6. The highest BCUT2D eigenvalue weighted by Gasteiger charge is 2.26. The first-order valence-electron chi connectivity index (χ1n) is 7.98. The number of nitrogens with two attached hydrogens (primary N) is 1. The van der Waals surface area contributed by atoms with Crippen LogP contribution in [-0.4, -0.2) is 13.2 Å². The lowest BCUT2D eigenvalue weighted by atomic mass is 9.74. The zero-order chi connectivity index (χ0) is 14.5. The zero-order valence-corrected chi connectivity index (χ0v) is 13.1. The summed E-state index contributed by atoms with van der Waals surface area (Å²) in [7, 11) is 1.71. The van der Waals surface area contributed by atoms with E-state index >= 15 is 0 Å². The maximum absolute atomic E-state index is 6.45. The summed E-state index contributed by atoms with van der Waals surface area (Å²) in [5.74, 6) is 3.36. The Balaban J connectivity index is 1.87. The van der Waals surface area contributed by atoms with Gasteiger partial charge < -0.3 is 10.5 Å². The van der Waals surface area contributed by atoms with E-state index in [1.54, 1.807) is 7.11 Å². The number of hydrogen-bond acceptors (Lipinski definition) is 2. The fraction of sp³-hybridized carbons (Fsp3) is 0.667. The quantitative estimate of drug-likeness (QED) is 0.880. The molecule has 0 aliphatic heterocycles. The maximum atomic E-state index is 6.45.